The fourth-order valence-corrected chi connectivity index (χ4v) is 6.48. The van der Waals surface area contributed by atoms with Crippen LogP contribution in [0.5, 0.6) is 5.75 Å². The molecule has 0 N–H and O–H groups in total. The molecule has 230 valence electrons. The van der Waals surface area contributed by atoms with Crippen molar-refractivity contribution in [3.8, 4) is 5.75 Å². The number of benzene rings is 2. The van der Waals surface area contributed by atoms with E-state index in [0.29, 0.717) is 23.5 Å². The van der Waals surface area contributed by atoms with Gasteiger partial charge in [-0.15, -0.1) is 12.4 Å². The topological polar surface area (TPSA) is 143 Å². The van der Waals surface area contributed by atoms with E-state index < -0.39 is 26.0 Å². The Bertz CT molecular complexity index is 1600. The number of carbonyl (C=O) groups is 2. The van der Waals surface area contributed by atoms with Gasteiger partial charge in [0, 0.05) is 51.7 Å². The van der Waals surface area contributed by atoms with Gasteiger partial charge in [-0.2, -0.15) is 4.31 Å². The number of carbonyl (C=O) groups excluding carboxylic acids is 2. The van der Waals surface area contributed by atoms with Crippen LogP contribution in [-0.4, -0.2) is 68.2 Å². The molecular weight excluding hydrogens is 598 g/mol. The minimum atomic E-state index is -4.21. The van der Waals surface area contributed by atoms with Crippen LogP contribution >= 0.6 is 12.4 Å². The van der Waals surface area contributed by atoms with E-state index in [1.807, 2.05) is 6.07 Å². The highest BCUT2D eigenvalue weighted by molar-refractivity contribution is 7.89. The van der Waals surface area contributed by atoms with Crippen molar-refractivity contribution < 1.29 is 27.7 Å². The van der Waals surface area contributed by atoms with E-state index in [9.17, 15) is 28.1 Å². The smallest absolute Gasteiger partial charge is 0.289 e. The molecule has 0 fully saturated rings. The standard InChI is InChI=1S/C29H33N5O7S.ClH/c1-29(2)27(35)31(3)23-13-12-22(19-25(23)32(4)28(29)36)41-18-8-16-33(17-14-21-9-7-15-30-20-21)42(39,40)26-11-6-5-10-24(26)34(37)38;/h5-7,9-13,15,19-20H,8,14,16-18H2,1-4H3;1H. The van der Waals surface area contributed by atoms with Crippen molar-refractivity contribution in [2.45, 2.75) is 31.6 Å². The maximum atomic E-state index is 13.6. The van der Waals surface area contributed by atoms with Crippen molar-refractivity contribution in [2.75, 3.05) is 43.6 Å². The van der Waals surface area contributed by atoms with Gasteiger partial charge >= 0.3 is 0 Å². The second-order valence-corrected chi connectivity index (χ2v) is 12.4. The number of ether oxygens (including phenoxy) is 1. The summed E-state index contributed by atoms with van der Waals surface area (Å²) in [4.78, 5) is 43.3. The SMILES string of the molecule is CN1C(=O)C(C)(C)C(=O)N(C)c2cc(OCCCN(CCc3cccnc3)S(=O)(=O)c3ccccc3[N+](=O)[O-])ccc21.Cl. The third-order valence-electron chi connectivity index (χ3n) is 7.22. The van der Waals surface area contributed by atoms with Gasteiger partial charge in [-0.1, -0.05) is 18.2 Å². The summed E-state index contributed by atoms with van der Waals surface area (Å²) in [5, 5.41) is 11.6. The summed E-state index contributed by atoms with van der Waals surface area (Å²) in [5.74, 6) is -0.227. The summed E-state index contributed by atoms with van der Waals surface area (Å²) in [6.45, 7) is 3.44. The average Bonchev–Trinajstić information content (AvgIpc) is 3.02. The van der Waals surface area contributed by atoms with E-state index in [1.54, 1.807) is 64.6 Å². The molecule has 3 aromatic rings. The second kappa shape index (κ2) is 13.5. The number of halogens is 1. The van der Waals surface area contributed by atoms with Crippen LogP contribution in [0.1, 0.15) is 25.8 Å². The Morgan fingerprint density at radius 1 is 0.977 bits per heavy atom. The first-order valence-electron chi connectivity index (χ1n) is 13.3. The summed E-state index contributed by atoms with van der Waals surface area (Å²) in [7, 11) is -0.987. The molecule has 1 aliphatic heterocycles. The van der Waals surface area contributed by atoms with Gasteiger partial charge in [-0.05, 0) is 56.5 Å². The molecule has 1 aliphatic rings. The van der Waals surface area contributed by atoms with Crippen molar-refractivity contribution in [3.05, 3.63) is 82.7 Å². The highest BCUT2D eigenvalue weighted by Crippen LogP contribution is 2.39. The van der Waals surface area contributed by atoms with Crippen LogP contribution in [0.2, 0.25) is 0 Å². The number of hydrogen-bond donors (Lipinski definition) is 0. The third-order valence-corrected chi connectivity index (χ3v) is 9.17. The molecule has 0 aliphatic carbocycles. The molecular formula is C29H34ClN5O7S. The summed E-state index contributed by atoms with van der Waals surface area (Å²) >= 11 is 0. The predicted octanol–water partition coefficient (Wildman–Crippen LogP) is 4.08. The molecule has 2 amide bonds. The molecule has 1 aromatic heterocycles. The van der Waals surface area contributed by atoms with E-state index in [-0.39, 0.29) is 55.2 Å². The molecule has 43 heavy (non-hydrogen) atoms. The van der Waals surface area contributed by atoms with Gasteiger partial charge in [-0.25, -0.2) is 8.42 Å². The number of rotatable bonds is 11. The number of amides is 2. The Kier molecular flexibility index (Phi) is 10.5. The molecule has 0 spiro atoms. The van der Waals surface area contributed by atoms with E-state index in [2.05, 4.69) is 4.98 Å². The second-order valence-electron chi connectivity index (χ2n) is 10.4. The van der Waals surface area contributed by atoms with Gasteiger partial charge in [0.1, 0.15) is 11.2 Å². The molecule has 2 aromatic carbocycles. The van der Waals surface area contributed by atoms with Gasteiger partial charge in [0.25, 0.3) is 5.69 Å². The van der Waals surface area contributed by atoms with Crippen molar-refractivity contribution in [1.29, 1.82) is 0 Å². The van der Waals surface area contributed by atoms with Crippen LogP contribution in [-0.2, 0) is 26.0 Å². The molecule has 14 heteroatoms. The normalized spacial score (nSPS) is 14.6. The van der Waals surface area contributed by atoms with E-state index in [4.69, 9.17) is 4.74 Å². The zero-order valence-electron chi connectivity index (χ0n) is 24.3. The molecule has 0 saturated heterocycles. The van der Waals surface area contributed by atoms with E-state index in [0.717, 1.165) is 5.56 Å². The third kappa shape index (κ3) is 6.95. The fourth-order valence-electron chi connectivity index (χ4n) is 4.84. The predicted molar refractivity (Wildman–Crippen MR) is 164 cm³/mol. The van der Waals surface area contributed by atoms with E-state index >= 15 is 0 Å². The van der Waals surface area contributed by atoms with Crippen molar-refractivity contribution in [3.63, 3.8) is 0 Å². The molecule has 2 heterocycles. The van der Waals surface area contributed by atoms with Crippen LogP contribution < -0.4 is 14.5 Å². The Balaban J connectivity index is 0.00000506. The summed E-state index contributed by atoms with van der Waals surface area (Å²) in [5.41, 5.74) is 0.173. The Labute approximate surface area is 256 Å². The number of aromatic nitrogens is 1. The van der Waals surface area contributed by atoms with Gasteiger partial charge in [0.05, 0.1) is 22.9 Å². The maximum Gasteiger partial charge on any atom is 0.289 e. The average molecular weight is 632 g/mol. The Morgan fingerprint density at radius 3 is 2.30 bits per heavy atom. The van der Waals surface area contributed by atoms with Gasteiger partial charge in [0.2, 0.25) is 21.8 Å². The van der Waals surface area contributed by atoms with Gasteiger partial charge in [0.15, 0.2) is 4.90 Å². The number of hydrogen-bond acceptors (Lipinski definition) is 8. The number of nitro benzene ring substituents is 1. The lowest BCUT2D eigenvalue weighted by molar-refractivity contribution is -0.387. The zero-order valence-corrected chi connectivity index (χ0v) is 25.9. The molecule has 0 saturated carbocycles. The van der Waals surface area contributed by atoms with Crippen LogP contribution in [0.4, 0.5) is 17.1 Å². The first-order chi connectivity index (χ1) is 19.9. The minimum Gasteiger partial charge on any atom is -0.493 e. The van der Waals surface area contributed by atoms with Crippen LogP contribution in [0.25, 0.3) is 0 Å². The van der Waals surface area contributed by atoms with Crippen LogP contribution in [0.3, 0.4) is 0 Å². The first kappa shape index (κ1) is 33.4. The first-order valence-corrected chi connectivity index (χ1v) is 14.8. The number of pyridine rings is 1. The fraction of sp³-hybridized carbons (Fsp3) is 0.345. The molecule has 0 bridgehead atoms. The molecule has 12 nitrogen and oxygen atoms in total. The number of nitrogens with zero attached hydrogens (tertiary/aromatic N) is 5. The molecule has 4 rings (SSSR count). The molecule has 0 unspecified atom stereocenters. The highest BCUT2D eigenvalue weighted by Gasteiger charge is 2.44. The quantitative estimate of drug-likeness (QED) is 0.133. The monoisotopic (exact) mass is 631 g/mol. The Hall–Kier alpha value is -4.07. The summed E-state index contributed by atoms with van der Waals surface area (Å²) in [6.07, 6.45) is 3.91. The lowest BCUT2D eigenvalue weighted by Crippen LogP contribution is -2.46. The van der Waals surface area contributed by atoms with Gasteiger partial charge in [-0.3, -0.25) is 24.7 Å². The summed E-state index contributed by atoms with van der Waals surface area (Å²) in [6, 6.07) is 13.9. The summed E-state index contributed by atoms with van der Waals surface area (Å²) < 4.78 is 34.4. The number of nitro groups is 1. The van der Waals surface area contributed by atoms with Crippen LogP contribution in [0, 0.1) is 15.5 Å². The largest absolute Gasteiger partial charge is 0.493 e. The maximum absolute atomic E-state index is 13.6. The number of sulfonamides is 1. The number of para-hydroxylation sites is 1. The lowest BCUT2D eigenvalue weighted by atomic mass is 9.90. The van der Waals surface area contributed by atoms with Crippen molar-refractivity contribution >= 4 is 51.3 Å². The minimum absolute atomic E-state index is 0. The molecule has 0 atom stereocenters. The number of anilines is 2. The molecule has 0 radical (unpaired) electrons. The Morgan fingerprint density at radius 2 is 1.65 bits per heavy atom. The van der Waals surface area contributed by atoms with E-state index in [1.165, 1.54) is 38.4 Å². The van der Waals surface area contributed by atoms with Crippen LogP contribution in [0.15, 0.2) is 71.9 Å². The lowest BCUT2D eigenvalue weighted by Gasteiger charge is -2.25. The zero-order chi connectivity index (χ0) is 30.7. The van der Waals surface area contributed by atoms with Crippen molar-refractivity contribution in [1.82, 2.24) is 9.29 Å². The highest BCUT2D eigenvalue weighted by atomic mass is 35.5. The van der Waals surface area contributed by atoms with Crippen molar-refractivity contribution in [2.24, 2.45) is 5.41 Å². The number of fused-ring (bicyclic) bond motifs is 1. The van der Waals surface area contributed by atoms with Gasteiger partial charge < -0.3 is 14.5 Å².